The van der Waals surface area contributed by atoms with Crippen molar-refractivity contribution in [3.63, 3.8) is 0 Å². The van der Waals surface area contributed by atoms with Gasteiger partial charge in [0.05, 0.1) is 0 Å². The summed E-state index contributed by atoms with van der Waals surface area (Å²) in [6.45, 7) is -1.48. The van der Waals surface area contributed by atoms with Gasteiger partial charge in [-0.3, -0.25) is 0 Å². The summed E-state index contributed by atoms with van der Waals surface area (Å²) in [5, 5.41) is 4.32. The Morgan fingerprint density at radius 2 is 1.48 bits per heavy atom. The van der Waals surface area contributed by atoms with Crippen LogP contribution in [0.1, 0.15) is 18.4 Å². The molecule has 1 fully saturated rings. The van der Waals surface area contributed by atoms with Gasteiger partial charge in [-0.2, -0.15) is 0 Å². The Labute approximate surface area is 193 Å². The fraction of sp³-hybridized carbons (Fsp3) is 0.259. The molecule has 2 nitrogen and oxygen atoms in total. The number of hydrogen-bond donors (Lipinski definition) is 0. The first kappa shape index (κ1) is 21.1. The molecule has 0 atom stereocenters. The molecule has 3 aromatic carbocycles. The van der Waals surface area contributed by atoms with Gasteiger partial charge in [-0.25, -0.2) is 0 Å². The molecular weight excluding hydrogens is 467 g/mol. The third-order valence-electron chi connectivity index (χ3n) is 6.79. The molecule has 0 spiro atoms. The monoisotopic (exact) mass is 494 g/mol. The minimum absolute atomic E-state index is 0.172. The summed E-state index contributed by atoms with van der Waals surface area (Å²) >= 11 is 3.73. The Balaban J connectivity index is 1.85. The second kappa shape index (κ2) is 8.64. The first-order valence-corrected chi connectivity index (χ1v) is 14.3. The first-order valence-electron chi connectivity index (χ1n) is 11.0. The summed E-state index contributed by atoms with van der Waals surface area (Å²) in [6, 6.07) is 29.2. The summed E-state index contributed by atoms with van der Waals surface area (Å²) in [5.74, 6) is 2.60. The Bertz CT molecular complexity index is 1040. The fourth-order valence-electron chi connectivity index (χ4n) is 5.44. The third kappa shape index (κ3) is 3.52. The van der Waals surface area contributed by atoms with Gasteiger partial charge >= 0.3 is 194 Å². The van der Waals surface area contributed by atoms with E-state index in [1.54, 1.807) is 0 Å². The zero-order chi connectivity index (χ0) is 21.2. The van der Waals surface area contributed by atoms with Crippen molar-refractivity contribution in [1.29, 1.82) is 0 Å². The molecule has 2 aliphatic rings. The van der Waals surface area contributed by atoms with Gasteiger partial charge in [-0.15, -0.1) is 0 Å². The van der Waals surface area contributed by atoms with E-state index < -0.39 is 6.60 Å². The SMILES string of the molecule is Brc1ccc(P2(c3ccccc3)(c3ccccc3)C=CCCC2)c(CC2OCCO2)c1. The van der Waals surface area contributed by atoms with E-state index >= 15 is 0 Å². The normalized spacial score (nSPS) is 21.4. The van der Waals surface area contributed by atoms with Crippen LogP contribution in [0.3, 0.4) is 0 Å². The molecule has 160 valence electrons. The summed E-state index contributed by atoms with van der Waals surface area (Å²) in [7, 11) is 0. The topological polar surface area (TPSA) is 18.5 Å². The van der Waals surface area contributed by atoms with E-state index in [0.29, 0.717) is 13.2 Å². The van der Waals surface area contributed by atoms with Crippen molar-refractivity contribution >= 4 is 38.4 Å². The Kier molecular flexibility index (Phi) is 5.88. The molecule has 0 N–H and O–H groups in total. The van der Waals surface area contributed by atoms with Gasteiger partial charge in [0.25, 0.3) is 0 Å². The van der Waals surface area contributed by atoms with Crippen LogP contribution >= 0.6 is 22.5 Å². The molecule has 4 heteroatoms. The van der Waals surface area contributed by atoms with E-state index in [4.69, 9.17) is 9.47 Å². The molecule has 0 saturated carbocycles. The predicted octanol–water partition coefficient (Wildman–Crippen LogP) is 5.50. The van der Waals surface area contributed by atoms with Crippen molar-refractivity contribution in [2.24, 2.45) is 0 Å². The molecule has 2 aliphatic heterocycles. The van der Waals surface area contributed by atoms with Crippen LogP contribution in [-0.4, -0.2) is 25.7 Å². The summed E-state index contributed by atoms with van der Waals surface area (Å²) in [6.07, 6.45) is 6.49. The average Bonchev–Trinajstić information content (AvgIpc) is 3.34. The molecule has 2 heterocycles. The number of allylic oxidation sites excluding steroid dienone is 1. The van der Waals surface area contributed by atoms with Crippen molar-refractivity contribution in [3.05, 3.63) is 101 Å². The molecule has 3 aromatic rings. The average molecular weight is 495 g/mol. The van der Waals surface area contributed by atoms with Crippen molar-refractivity contribution in [2.45, 2.75) is 25.6 Å². The molecule has 0 aromatic heterocycles. The van der Waals surface area contributed by atoms with Gasteiger partial charge in [0.2, 0.25) is 0 Å². The molecule has 0 aliphatic carbocycles. The molecule has 31 heavy (non-hydrogen) atoms. The number of hydrogen-bond acceptors (Lipinski definition) is 2. The van der Waals surface area contributed by atoms with Gasteiger partial charge in [0.1, 0.15) is 0 Å². The maximum absolute atomic E-state index is 5.88. The zero-order valence-corrected chi connectivity index (χ0v) is 20.1. The molecule has 0 radical (unpaired) electrons. The second-order valence-electron chi connectivity index (χ2n) is 8.45. The van der Waals surface area contributed by atoms with Crippen molar-refractivity contribution in [1.82, 2.24) is 0 Å². The van der Waals surface area contributed by atoms with Crippen molar-refractivity contribution in [2.75, 3.05) is 19.4 Å². The molecule has 0 bridgehead atoms. The van der Waals surface area contributed by atoms with E-state index in [9.17, 15) is 0 Å². The van der Waals surface area contributed by atoms with E-state index in [-0.39, 0.29) is 6.29 Å². The van der Waals surface area contributed by atoms with Gasteiger partial charge in [-0.1, -0.05) is 0 Å². The Morgan fingerprint density at radius 1 is 0.839 bits per heavy atom. The van der Waals surface area contributed by atoms with Gasteiger partial charge in [-0.05, 0) is 0 Å². The van der Waals surface area contributed by atoms with E-state index in [1.807, 2.05) is 0 Å². The van der Waals surface area contributed by atoms with E-state index in [2.05, 4.69) is 107 Å². The van der Waals surface area contributed by atoms with Gasteiger partial charge in [0.15, 0.2) is 0 Å². The fourth-order valence-corrected chi connectivity index (χ4v) is 12.5. The van der Waals surface area contributed by atoms with Crippen LogP contribution in [0.5, 0.6) is 0 Å². The third-order valence-corrected chi connectivity index (χ3v) is 13.9. The van der Waals surface area contributed by atoms with Crippen molar-refractivity contribution in [3.8, 4) is 0 Å². The van der Waals surface area contributed by atoms with Crippen LogP contribution in [0.4, 0.5) is 0 Å². The molecule has 1 saturated heterocycles. The number of benzene rings is 3. The Morgan fingerprint density at radius 3 is 2.06 bits per heavy atom. The molecule has 5 rings (SSSR count). The molecule has 0 unspecified atom stereocenters. The molecule has 0 amide bonds. The number of ether oxygens (including phenoxy) is 2. The van der Waals surface area contributed by atoms with Crippen LogP contribution in [-0.2, 0) is 15.9 Å². The first-order chi connectivity index (χ1) is 15.2. The molecular formula is C27H28BrO2P. The standard InChI is InChI=1S/C27H28BrO2P/c28-23-14-15-26(22(20-23)21-27-29-16-17-30-27)31(18-8-3-9-19-31,24-10-4-1-5-11-24)25-12-6-2-7-13-25/h1-2,4-8,10-15,18,20,27H,3,9,16-17,19,21H2. The van der Waals surface area contributed by atoms with E-state index in [1.165, 1.54) is 27.9 Å². The van der Waals surface area contributed by atoms with Crippen LogP contribution in [0.2, 0.25) is 0 Å². The number of rotatable bonds is 5. The summed E-state index contributed by atoms with van der Waals surface area (Å²) in [5.41, 5.74) is 1.32. The maximum atomic E-state index is 5.88. The minimum atomic E-state index is -2.83. The summed E-state index contributed by atoms with van der Waals surface area (Å²) in [4.78, 5) is 0. The van der Waals surface area contributed by atoms with Crippen LogP contribution in [0.25, 0.3) is 0 Å². The van der Waals surface area contributed by atoms with E-state index in [0.717, 1.165) is 23.5 Å². The summed E-state index contributed by atoms with van der Waals surface area (Å²) < 4.78 is 12.9. The predicted molar refractivity (Wildman–Crippen MR) is 135 cm³/mol. The van der Waals surface area contributed by atoms with Crippen LogP contribution in [0, 0.1) is 0 Å². The van der Waals surface area contributed by atoms with Crippen LogP contribution in [0.15, 0.2) is 95.2 Å². The van der Waals surface area contributed by atoms with Crippen LogP contribution < -0.4 is 15.9 Å². The number of halogens is 1. The quantitative estimate of drug-likeness (QED) is 0.436. The van der Waals surface area contributed by atoms with Gasteiger partial charge < -0.3 is 0 Å². The zero-order valence-electron chi connectivity index (χ0n) is 17.6. The Hall–Kier alpha value is -1.77. The van der Waals surface area contributed by atoms with Crippen molar-refractivity contribution < 1.29 is 9.47 Å². The van der Waals surface area contributed by atoms with Gasteiger partial charge in [0, 0.05) is 0 Å². The second-order valence-corrected chi connectivity index (χ2v) is 14.4.